The molecule has 1 fully saturated rings. The summed E-state index contributed by atoms with van der Waals surface area (Å²) < 4.78 is 26.2. The normalized spacial score (nSPS) is 26.5. The number of hydrogen-bond acceptors (Lipinski definition) is 3. The van der Waals surface area contributed by atoms with Gasteiger partial charge in [0.15, 0.2) is 0 Å². The van der Waals surface area contributed by atoms with Gasteiger partial charge in [0, 0.05) is 12.0 Å². The second-order valence-electron chi connectivity index (χ2n) is 4.08. The van der Waals surface area contributed by atoms with Gasteiger partial charge in [0.2, 0.25) is 0 Å². The molecule has 86 valence electrons. The van der Waals surface area contributed by atoms with Gasteiger partial charge in [-0.05, 0) is 6.92 Å². The molecule has 16 heavy (non-hydrogen) atoms. The van der Waals surface area contributed by atoms with Gasteiger partial charge in [0.25, 0.3) is 11.6 Å². The number of nitro groups is 1. The molecular formula is C10H10F2N2O2. The largest absolute Gasteiger partial charge is 0.316 e. The van der Waals surface area contributed by atoms with E-state index < -0.39 is 22.8 Å². The zero-order valence-corrected chi connectivity index (χ0v) is 8.54. The van der Waals surface area contributed by atoms with Crippen molar-refractivity contribution in [3.05, 3.63) is 39.4 Å². The Balaban J connectivity index is 2.59. The van der Waals surface area contributed by atoms with Crippen molar-refractivity contribution < 1.29 is 13.7 Å². The van der Waals surface area contributed by atoms with Gasteiger partial charge in [0.1, 0.15) is 5.54 Å². The number of alkyl halides is 2. The number of rotatable bonds is 2. The van der Waals surface area contributed by atoms with Crippen molar-refractivity contribution in [1.29, 1.82) is 0 Å². The number of benzene rings is 1. The van der Waals surface area contributed by atoms with E-state index >= 15 is 0 Å². The van der Waals surface area contributed by atoms with E-state index in [2.05, 4.69) is 0 Å². The maximum Gasteiger partial charge on any atom is 0.277 e. The minimum absolute atomic E-state index is 0.0810. The van der Waals surface area contributed by atoms with Gasteiger partial charge in [-0.25, -0.2) is 8.78 Å². The van der Waals surface area contributed by atoms with Crippen LogP contribution in [0.3, 0.4) is 0 Å². The quantitative estimate of drug-likeness (QED) is 0.622. The van der Waals surface area contributed by atoms with Gasteiger partial charge in [-0.15, -0.1) is 0 Å². The van der Waals surface area contributed by atoms with Crippen LogP contribution in [0.15, 0.2) is 18.2 Å². The minimum Gasteiger partial charge on any atom is -0.316 e. The Bertz CT molecular complexity index is 476. The van der Waals surface area contributed by atoms with Crippen LogP contribution in [0.4, 0.5) is 14.5 Å². The lowest BCUT2D eigenvalue weighted by molar-refractivity contribution is -0.386. The third-order valence-electron chi connectivity index (χ3n) is 2.93. The molecule has 0 bridgehead atoms. The molecule has 0 saturated heterocycles. The number of hydrogen-bond donors (Lipinski definition) is 1. The number of nitrogens with two attached hydrogens (primary N) is 1. The molecule has 6 heteroatoms. The average Bonchev–Trinajstić information content (AvgIpc) is 2.66. The highest BCUT2D eigenvalue weighted by atomic mass is 19.3. The molecule has 1 aromatic carbocycles. The van der Waals surface area contributed by atoms with Crippen molar-refractivity contribution in [3.63, 3.8) is 0 Å². The zero-order chi connectivity index (χ0) is 12.1. The number of halogens is 2. The van der Waals surface area contributed by atoms with Gasteiger partial charge in [-0.1, -0.05) is 18.2 Å². The van der Waals surface area contributed by atoms with Crippen LogP contribution in [0.2, 0.25) is 0 Å². The third-order valence-corrected chi connectivity index (χ3v) is 2.93. The predicted octanol–water partition coefficient (Wildman–Crippen LogP) is 2.10. The van der Waals surface area contributed by atoms with Crippen molar-refractivity contribution >= 4 is 5.69 Å². The molecule has 0 aromatic heterocycles. The van der Waals surface area contributed by atoms with Crippen LogP contribution in [0.1, 0.15) is 17.5 Å². The van der Waals surface area contributed by atoms with Gasteiger partial charge in [0.05, 0.1) is 10.5 Å². The van der Waals surface area contributed by atoms with E-state index in [1.807, 2.05) is 0 Å². The van der Waals surface area contributed by atoms with Crippen LogP contribution in [0.5, 0.6) is 0 Å². The second-order valence-corrected chi connectivity index (χ2v) is 4.08. The Hall–Kier alpha value is -1.56. The average molecular weight is 228 g/mol. The molecule has 4 nitrogen and oxygen atoms in total. The van der Waals surface area contributed by atoms with Gasteiger partial charge >= 0.3 is 0 Å². The van der Waals surface area contributed by atoms with Gasteiger partial charge in [-0.3, -0.25) is 10.1 Å². The second kappa shape index (κ2) is 2.98. The summed E-state index contributed by atoms with van der Waals surface area (Å²) in [6.07, 6.45) is -0.537. The molecule has 2 rings (SSSR count). The van der Waals surface area contributed by atoms with Crippen molar-refractivity contribution in [2.75, 3.05) is 0 Å². The zero-order valence-electron chi connectivity index (χ0n) is 8.54. The summed E-state index contributed by atoms with van der Waals surface area (Å²) in [7, 11) is 0. The molecule has 0 radical (unpaired) electrons. The molecular weight excluding hydrogens is 218 g/mol. The summed E-state index contributed by atoms with van der Waals surface area (Å²) in [6, 6.07) is 4.30. The van der Waals surface area contributed by atoms with Crippen molar-refractivity contribution in [3.8, 4) is 0 Å². The first-order chi connectivity index (χ1) is 7.29. The highest BCUT2D eigenvalue weighted by molar-refractivity contribution is 5.54. The molecule has 1 saturated carbocycles. The minimum atomic E-state index is -3.05. The predicted molar refractivity (Wildman–Crippen MR) is 53.3 cm³/mol. The first kappa shape index (κ1) is 10.9. The maximum absolute atomic E-state index is 13.1. The molecule has 0 aliphatic heterocycles. The van der Waals surface area contributed by atoms with E-state index in [-0.39, 0.29) is 11.3 Å². The highest BCUT2D eigenvalue weighted by Crippen LogP contribution is 2.59. The lowest BCUT2D eigenvalue weighted by Crippen LogP contribution is -2.28. The van der Waals surface area contributed by atoms with Crippen molar-refractivity contribution in [1.82, 2.24) is 0 Å². The molecule has 1 aliphatic rings. The molecule has 1 atom stereocenters. The number of nitro benzene ring substituents is 1. The molecule has 0 heterocycles. The van der Waals surface area contributed by atoms with Gasteiger partial charge in [-0.2, -0.15) is 0 Å². The molecule has 1 aliphatic carbocycles. The van der Waals surface area contributed by atoms with E-state index in [0.29, 0.717) is 5.56 Å². The van der Waals surface area contributed by atoms with E-state index in [1.165, 1.54) is 25.1 Å². The fourth-order valence-electron chi connectivity index (χ4n) is 1.86. The van der Waals surface area contributed by atoms with E-state index in [4.69, 9.17) is 5.73 Å². The Labute approximate surface area is 90.2 Å². The Morgan fingerprint density at radius 3 is 2.50 bits per heavy atom. The molecule has 0 spiro atoms. The summed E-state index contributed by atoms with van der Waals surface area (Å²) in [4.78, 5) is 10.2. The summed E-state index contributed by atoms with van der Waals surface area (Å²) in [5.41, 5.74) is 3.58. The third kappa shape index (κ3) is 1.30. The van der Waals surface area contributed by atoms with E-state index in [1.54, 1.807) is 0 Å². The first-order valence-electron chi connectivity index (χ1n) is 4.71. The SMILES string of the molecule is Cc1cccc(C2(N)CC2(F)F)c1[N+](=O)[O-]. The molecule has 2 N–H and O–H groups in total. The Morgan fingerprint density at radius 1 is 1.50 bits per heavy atom. The number of aryl methyl sites for hydroxylation is 1. The fourth-order valence-corrected chi connectivity index (χ4v) is 1.86. The lowest BCUT2D eigenvalue weighted by Gasteiger charge is -2.12. The van der Waals surface area contributed by atoms with Gasteiger partial charge < -0.3 is 5.73 Å². The fraction of sp³-hybridized carbons (Fsp3) is 0.400. The van der Waals surface area contributed by atoms with Crippen molar-refractivity contribution in [2.45, 2.75) is 24.8 Å². The summed E-state index contributed by atoms with van der Waals surface area (Å²) in [5.74, 6) is -3.05. The standard InChI is InChI=1S/C10H10F2N2O2/c1-6-3-2-4-7(8(6)14(15)16)9(13)5-10(9,11)12/h2-4H,5,13H2,1H3. The Kier molecular flexibility index (Phi) is 2.03. The summed E-state index contributed by atoms with van der Waals surface area (Å²) >= 11 is 0. The lowest BCUT2D eigenvalue weighted by atomic mass is 10.00. The molecule has 1 unspecified atom stereocenters. The molecule has 0 amide bonds. The molecule has 1 aromatic rings. The number of nitrogens with zero attached hydrogens (tertiary/aromatic N) is 1. The van der Waals surface area contributed by atoms with Crippen LogP contribution < -0.4 is 5.73 Å². The van der Waals surface area contributed by atoms with Crippen LogP contribution >= 0.6 is 0 Å². The van der Waals surface area contributed by atoms with E-state index in [9.17, 15) is 18.9 Å². The van der Waals surface area contributed by atoms with Crippen molar-refractivity contribution in [2.24, 2.45) is 5.73 Å². The smallest absolute Gasteiger partial charge is 0.277 e. The number of para-hydroxylation sites is 1. The first-order valence-corrected chi connectivity index (χ1v) is 4.71. The Morgan fingerprint density at radius 2 is 2.06 bits per heavy atom. The summed E-state index contributed by atoms with van der Waals surface area (Å²) in [5, 5.41) is 10.8. The van der Waals surface area contributed by atoms with Crippen LogP contribution in [-0.2, 0) is 5.54 Å². The van der Waals surface area contributed by atoms with E-state index in [0.717, 1.165) is 0 Å². The van der Waals surface area contributed by atoms with Crippen LogP contribution in [-0.4, -0.2) is 10.8 Å². The van der Waals surface area contributed by atoms with Crippen LogP contribution in [0, 0.1) is 17.0 Å². The van der Waals surface area contributed by atoms with Crippen LogP contribution in [0.25, 0.3) is 0 Å². The maximum atomic E-state index is 13.1. The monoisotopic (exact) mass is 228 g/mol. The summed E-state index contributed by atoms with van der Waals surface area (Å²) in [6.45, 7) is 1.51. The topological polar surface area (TPSA) is 69.2 Å². The highest BCUT2D eigenvalue weighted by Gasteiger charge is 2.71.